The second kappa shape index (κ2) is 7.96. The van der Waals surface area contributed by atoms with Crippen LogP contribution in [-0.4, -0.2) is 42.1 Å². The quantitative estimate of drug-likeness (QED) is 0.652. The van der Waals surface area contributed by atoms with Crippen LogP contribution in [0.15, 0.2) is 0 Å². The van der Waals surface area contributed by atoms with Crippen LogP contribution in [0.3, 0.4) is 0 Å². The Balaban J connectivity index is 3.58. The third-order valence-corrected chi connectivity index (χ3v) is 2.42. The summed E-state index contributed by atoms with van der Waals surface area (Å²) in [5.74, 6) is -1.13. The first-order chi connectivity index (χ1) is 7.49. The summed E-state index contributed by atoms with van der Waals surface area (Å²) in [6.45, 7) is 4.95. The maximum absolute atomic E-state index is 11.4. The summed E-state index contributed by atoms with van der Waals surface area (Å²) < 4.78 is 0. The first-order valence-electron chi connectivity index (χ1n) is 5.70. The third kappa shape index (κ3) is 6.27. The van der Waals surface area contributed by atoms with Gasteiger partial charge in [-0.1, -0.05) is 13.8 Å². The molecule has 1 atom stereocenters. The monoisotopic (exact) mass is 230 g/mol. The number of nitrogens with one attached hydrogen (secondary N) is 1. The maximum atomic E-state index is 11.4. The van der Waals surface area contributed by atoms with Gasteiger partial charge in [0.05, 0.1) is 5.92 Å². The normalized spacial score (nSPS) is 11.9. The molecule has 0 aromatic carbocycles. The molecule has 0 saturated heterocycles. The van der Waals surface area contributed by atoms with Crippen LogP contribution in [0.4, 0.5) is 4.79 Å². The van der Waals surface area contributed by atoms with Crippen LogP contribution in [0.2, 0.25) is 0 Å². The lowest BCUT2D eigenvalue weighted by Gasteiger charge is -2.17. The highest BCUT2D eigenvalue weighted by Gasteiger charge is 2.10. The Morgan fingerprint density at radius 1 is 1.44 bits per heavy atom. The van der Waals surface area contributed by atoms with Crippen molar-refractivity contribution in [3.63, 3.8) is 0 Å². The minimum Gasteiger partial charge on any atom is -0.481 e. The molecule has 0 rings (SSSR count). The fraction of sp³-hybridized carbons (Fsp3) is 0.818. The molecule has 5 nitrogen and oxygen atoms in total. The van der Waals surface area contributed by atoms with Crippen LogP contribution in [0.1, 0.15) is 33.1 Å². The van der Waals surface area contributed by atoms with Crippen molar-refractivity contribution in [2.45, 2.75) is 33.1 Å². The van der Waals surface area contributed by atoms with Gasteiger partial charge in [-0.05, 0) is 19.3 Å². The van der Waals surface area contributed by atoms with Crippen molar-refractivity contribution >= 4 is 12.0 Å². The van der Waals surface area contributed by atoms with Gasteiger partial charge in [0.15, 0.2) is 0 Å². The zero-order valence-corrected chi connectivity index (χ0v) is 10.3. The largest absolute Gasteiger partial charge is 0.481 e. The second-order valence-corrected chi connectivity index (χ2v) is 4.03. The number of nitrogens with zero attached hydrogens (tertiary/aromatic N) is 1. The fourth-order valence-corrected chi connectivity index (χ4v) is 1.30. The predicted molar refractivity (Wildman–Crippen MR) is 62.4 cm³/mol. The second-order valence-electron chi connectivity index (χ2n) is 4.03. The Kier molecular flexibility index (Phi) is 7.33. The van der Waals surface area contributed by atoms with E-state index in [1.807, 2.05) is 6.92 Å². The van der Waals surface area contributed by atoms with Crippen molar-refractivity contribution in [1.82, 2.24) is 10.2 Å². The van der Waals surface area contributed by atoms with E-state index < -0.39 is 5.97 Å². The van der Waals surface area contributed by atoms with E-state index in [4.69, 9.17) is 5.11 Å². The van der Waals surface area contributed by atoms with Crippen LogP contribution < -0.4 is 5.32 Å². The minimum atomic E-state index is -0.783. The molecular formula is C11H22N2O3. The number of carboxylic acids is 1. The molecule has 94 valence electrons. The number of amides is 2. The van der Waals surface area contributed by atoms with Gasteiger partial charge in [0.2, 0.25) is 0 Å². The molecule has 0 aliphatic rings. The van der Waals surface area contributed by atoms with Gasteiger partial charge < -0.3 is 15.3 Å². The lowest BCUT2D eigenvalue weighted by atomic mass is 10.1. The zero-order chi connectivity index (χ0) is 12.6. The molecule has 2 amide bonds. The molecule has 0 radical (unpaired) electrons. The highest BCUT2D eigenvalue weighted by Crippen LogP contribution is 2.04. The lowest BCUT2D eigenvalue weighted by Crippen LogP contribution is -2.38. The van der Waals surface area contributed by atoms with Crippen molar-refractivity contribution in [3.8, 4) is 0 Å². The summed E-state index contributed by atoms with van der Waals surface area (Å²) in [7, 11) is 1.75. The Hall–Kier alpha value is -1.26. The number of carbonyl (C=O) groups is 2. The molecule has 1 unspecified atom stereocenters. The summed E-state index contributed by atoms with van der Waals surface area (Å²) >= 11 is 0. The van der Waals surface area contributed by atoms with Crippen molar-refractivity contribution in [3.05, 3.63) is 0 Å². The van der Waals surface area contributed by atoms with Gasteiger partial charge in [-0.2, -0.15) is 0 Å². The van der Waals surface area contributed by atoms with E-state index in [-0.39, 0.29) is 11.9 Å². The molecule has 0 spiro atoms. The van der Waals surface area contributed by atoms with E-state index in [1.165, 1.54) is 0 Å². The van der Waals surface area contributed by atoms with Crippen molar-refractivity contribution < 1.29 is 14.7 Å². The van der Waals surface area contributed by atoms with E-state index in [0.717, 1.165) is 13.0 Å². The van der Waals surface area contributed by atoms with Crippen molar-refractivity contribution in [2.75, 3.05) is 20.1 Å². The van der Waals surface area contributed by atoms with Crippen molar-refractivity contribution in [2.24, 2.45) is 5.92 Å². The molecule has 2 N–H and O–H groups in total. The van der Waals surface area contributed by atoms with Gasteiger partial charge in [-0.25, -0.2) is 4.79 Å². The summed E-state index contributed by atoms with van der Waals surface area (Å²) in [6, 6.07) is -0.0928. The van der Waals surface area contributed by atoms with Gasteiger partial charge in [0.1, 0.15) is 0 Å². The molecule has 0 aromatic heterocycles. The number of urea groups is 1. The zero-order valence-electron chi connectivity index (χ0n) is 10.3. The molecule has 5 heteroatoms. The molecule has 16 heavy (non-hydrogen) atoms. The first kappa shape index (κ1) is 14.7. The molecular weight excluding hydrogens is 208 g/mol. The molecule has 0 heterocycles. The van der Waals surface area contributed by atoms with Crippen LogP contribution >= 0.6 is 0 Å². The highest BCUT2D eigenvalue weighted by molar-refractivity contribution is 5.73. The highest BCUT2D eigenvalue weighted by atomic mass is 16.4. The first-order valence-corrected chi connectivity index (χ1v) is 5.70. The molecule has 0 bridgehead atoms. The molecule has 0 fully saturated rings. The van der Waals surface area contributed by atoms with Gasteiger partial charge >= 0.3 is 12.0 Å². The van der Waals surface area contributed by atoms with E-state index in [9.17, 15) is 9.59 Å². The number of carboxylic acid groups (broad SMARTS) is 1. The number of hydrogen-bond acceptors (Lipinski definition) is 2. The summed E-state index contributed by atoms with van der Waals surface area (Å²) in [4.78, 5) is 23.6. The summed E-state index contributed by atoms with van der Waals surface area (Å²) in [6.07, 6.45) is 2.21. The van der Waals surface area contributed by atoms with E-state index >= 15 is 0 Å². The molecule has 0 saturated carbocycles. The van der Waals surface area contributed by atoms with Crippen LogP contribution in [0.25, 0.3) is 0 Å². The Morgan fingerprint density at radius 2 is 2.06 bits per heavy atom. The standard InChI is InChI=1S/C11H22N2O3/c1-4-8-13(3)11(16)12-7-5-6-9(2)10(14)15/h9H,4-8H2,1-3H3,(H,12,16)(H,14,15). The van der Waals surface area contributed by atoms with Crippen LogP contribution in [0, 0.1) is 5.92 Å². The third-order valence-electron chi connectivity index (χ3n) is 2.42. The van der Waals surface area contributed by atoms with E-state index in [0.29, 0.717) is 19.4 Å². The fourth-order valence-electron chi connectivity index (χ4n) is 1.30. The minimum absolute atomic E-state index is 0.0928. The van der Waals surface area contributed by atoms with E-state index in [2.05, 4.69) is 5.32 Å². The SMILES string of the molecule is CCCN(C)C(=O)NCCCC(C)C(=O)O. The number of hydrogen-bond donors (Lipinski definition) is 2. The maximum Gasteiger partial charge on any atom is 0.317 e. The average Bonchev–Trinajstić information content (AvgIpc) is 2.23. The lowest BCUT2D eigenvalue weighted by molar-refractivity contribution is -0.141. The topological polar surface area (TPSA) is 69.6 Å². The summed E-state index contributed by atoms with van der Waals surface area (Å²) in [5.41, 5.74) is 0. The number of carbonyl (C=O) groups excluding carboxylic acids is 1. The molecule has 0 aliphatic carbocycles. The summed E-state index contributed by atoms with van der Waals surface area (Å²) in [5, 5.41) is 11.4. The van der Waals surface area contributed by atoms with E-state index in [1.54, 1.807) is 18.9 Å². The van der Waals surface area contributed by atoms with Crippen LogP contribution in [0.5, 0.6) is 0 Å². The molecule has 0 aliphatic heterocycles. The predicted octanol–water partition coefficient (Wildman–Crippen LogP) is 1.54. The Bertz CT molecular complexity index is 231. The smallest absolute Gasteiger partial charge is 0.317 e. The van der Waals surface area contributed by atoms with Gasteiger partial charge in [-0.3, -0.25) is 4.79 Å². The van der Waals surface area contributed by atoms with Crippen LogP contribution in [-0.2, 0) is 4.79 Å². The number of rotatable bonds is 7. The Morgan fingerprint density at radius 3 is 2.56 bits per heavy atom. The Labute approximate surface area is 96.8 Å². The number of aliphatic carboxylic acids is 1. The van der Waals surface area contributed by atoms with Gasteiger partial charge in [-0.15, -0.1) is 0 Å². The van der Waals surface area contributed by atoms with Crippen molar-refractivity contribution in [1.29, 1.82) is 0 Å². The molecule has 0 aromatic rings. The average molecular weight is 230 g/mol. The van der Waals surface area contributed by atoms with Gasteiger partial charge in [0.25, 0.3) is 0 Å². The van der Waals surface area contributed by atoms with Gasteiger partial charge in [0, 0.05) is 20.1 Å².